The standard InChI is InChI=1S/C24H15Br2Cl3N2O3S/c1-33-18-9-13(10-19-23(32)31-24(35-19)30-15-5-3-14(27)4-6-15)20(25)21(26)22(18)34-11-12-2-7-16(28)17(29)8-12/h2-10H,11H2,1H3,(H,30,31,32)/b19-10-. The van der Waals surface area contributed by atoms with Crippen molar-refractivity contribution in [2.24, 2.45) is 4.99 Å². The summed E-state index contributed by atoms with van der Waals surface area (Å²) in [5.74, 6) is 0.746. The highest BCUT2D eigenvalue weighted by Gasteiger charge is 2.25. The Hall–Kier alpha value is -1.68. The number of amides is 1. The number of rotatable bonds is 6. The van der Waals surface area contributed by atoms with Crippen molar-refractivity contribution < 1.29 is 14.3 Å². The van der Waals surface area contributed by atoms with Gasteiger partial charge in [0, 0.05) is 9.50 Å². The van der Waals surface area contributed by atoms with Crippen molar-refractivity contribution in [3.8, 4) is 11.5 Å². The number of aliphatic imine (C=N–C) groups is 1. The monoisotopic (exact) mass is 674 g/mol. The van der Waals surface area contributed by atoms with Crippen molar-refractivity contribution in [3.05, 3.63) is 88.6 Å². The average molecular weight is 678 g/mol. The highest BCUT2D eigenvalue weighted by molar-refractivity contribution is 9.13. The SMILES string of the molecule is COc1cc(/C=C2\SC(=Nc3ccc(Cl)cc3)NC2=O)c(Br)c(Br)c1OCc1ccc(Cl)c(Cl)c1. The summed E-state index contributed by atoms with van der Waals surface area (Å²) in [6.45, 7) is 0.251. The second-order valence-electron chi connectivity index (χ2n) is 7.12. The van der Waals surface area contributed by atoms with Crippen molar-refractivity contribution in [2.45, 2.75) is 6.61 Å². The summed E-state index contributed by atoms with van der Waals surface area (Å²) < 4.78 is 12.9. The zero-order valence-electron chi connectivity index (χ0n) is 17.9. The van der Waals surface area contributed by atoms with Crippen LogP contribution < -0.4 is 14.8 Å². The second-order valence-corrected chi connectivity index (χ2v) is 11.0. The summed E-state index contributed by atoms with van der Waals surface area (Å²) in [7, 11) is 1.55. The van der Waals surface area contributed by atoms with Gasteiger partial charge in [0.1, 0.15) is 6.61 Å². The van der Waals surface area contributed by atoms with Gasteiger partial charge in [-0.15, -0.1) is 0 Å². The third-order valence-electron chi connectivity index (χ3n) is 4.74. The highest BCUT2D eigenvalue weighted by atomic mass is 79.9. The van der Waals surface area contributed by atoms with Gasteiger partial charge in [-0.25, -0.2) is 4.99 Å². The van der Waals surface area contributed by atoms with Crippen LogP contribution in [0.1, 0.15) is 11.1 Å². The second kappa shape index (κ2) is 11.6. The number of thioether (sulfide) groups is 1. The lowest BCUT2D eigenvalue weighted by Crippen LogP contribution is -2.19. The summed E-state index contributed by atoms with van der Waals surface area (Å²) in [5, 5.41) is 4.80. The van der Waals surface area contributed by atoms with E-state index >= 15 is 0 Å². The van der Waals surface area contributed by atoms with Crippen molar-refractivity contribution in [1.29, 1.82) is 0 Å². The molecular formula is C24H15Br2Cl3N2O3S. The number of halogens is 5. The smallest absolute Gasteiger partial charge is 0.264 e. The Morgan fingerprint density at radius 3 is 2.46 bits per heavy atom. The summed E-state index contributed by atoms with van der Waals surface area (Å²) in [5.41, 5.74) is 2.26. The van der Waals surface area contributed by atoms with Crippen molar-refractivity contribution in [3.63, 3.8) is 0 Å². The molecule has 1 aliphatic heterocycles. The number of amidine groups is 1. The molecule has 35 heavy (non-hydrogen) atoms. The van der Waals surface area contributed by atoms with E-state index in [1.807, 2.05) is 6.07 Å². The predicted octanol–water partition coefficient (Wildman–Crippen LogP) is 8.65. The number of hydrogen-bond donors (Lipinski definition) is 1. The number of methoxy groups -OCH3 is 1. The van der Waals surface area contributed by atoms with Crippen molar-refractivity contribution in [1.82, 2.24) is 5.32 Å². The molecule has 0 bridgehead atoms. The minimum atomic E-state index is -0.246. The van der Waals surface area contributed by atoms with E-state index in [1.165, 1.54) is 11.8 Å². The normalized spacial score (nSPS) is 15.5. The van der Waals surface area contributed by atoms with E-state index in [9.17, 15) is 4.79 Å². The molecular weight excluding hydrogens is 663 g/mol. The number of carbonyl (C=O) groups is 1. The maximum atomic E-state index is 12.6. The Bertz CT molecular complexity index is 1370. The molecule has 0 radical (unpaired) electrons. The zero-order chi connectivity index (χ0) is 25.1. The van der Waals surface area contributed by atoms with Crippen LogP contribution in [-0.4, -0.2) is 18.2 Å². The Morgan fingerprint density at radius 1 is 1.03 bits per heavy atom. The molecule has 1 saturated heterocycles. The maximum absolute atomic E-state index is 12.6. The van der Waals surface area contributed by atoms with Gasteiger partial charge < -0.3 is 14.8 Å². The fourth-order valence-corrected chi connectivity index (χ4v) is 5.26. The molecule has 5 nitrogen and oxygen atoms in total. The van der Waals surface area contributed by atoms with Gasteiger partial charge in [-0.3, -0.25) is 4.79 Å². The van der Waals surface area contributed by atoms with Crippen LogP contribution in [0.25, 0.3) is 6.08 Å². The molecule has 1 aliphatic rings. The quantitative estimate of drug-likeness (QED) is 0.266. The van der Waals surface area contributed by atoms with E-state index in [2.05, 4.69) is 42.2 Å². The van der Waals surface area contributed by atoms with Crippen LogP contribution in [0.5, 0.6) is 11.5 Å². The van der Waals surface area contributed by atoms with E-state index < -0.39 is 0 Å². The van der Waals surface area contributed by atoms with Crippen LogP contribution in [0.2, 0.25) is 15.1 Å². The molecule has 180 valence electrons. The first kappa shape index (κ1) is 26.4. The molecule has 1 amide bonds. The van der Waals surface area contributed by atoms with Gasteiger partial charge in [0.2, 0.25) is 0 Å². The molecule has 1 fully saturated rings. The number of ether oxygens (including phenoxy) is 2. The first-order chi connectivity index (χ1) is 16.7. The Morgan fingerprint density at radius 2 is 1.77 bits per heavy atom. The molecule has 1 heterocycles. The minimum Gasteiger partial charge on any atom is -0.493 e. The molecule has 3 aromatic carbocycles. The lowest BCUT2D eigenvalue weighted by Gasteiger charge is -2.16. The molecule has 1 N–H and O–H groups in total. The summed E-state index contributed by atoms with van der Waals surface area (Å²) >= 11 is 26.4. The number of nitrogens with one attached hydrogen (secondary N) is 1. The maximum Gasteiger partial charge on any atom is 0.264 e. The topological polar surface area (TPSA) is 59.9 Å². The number of carbonyl (C=O) groups excluding carboxylic acids is 1. The molecule has 3 aromatic rings. The van der Waals surface area contributed by atoms with Crippen LogP contribution >= 0.6 is 78.4 Å². The van der Waals surface area contributed by atoms with Gasteiger partial charge in [0.15, 0.2) is 16.7 Å². The number of benzene rings is 3. The molecule has 0 aromatic heterocycles. The lowest BCUT2D eigenvalue weighted by molar-refractivity contribution is -0.115. The van der Waals surface area contributed by atoms with Crippen LogP contribution in [0.3, 0.4) is 0 Å². The van der Waals surface area contributed by atoms with Gasteiger partial charge in [-0.05, 0) is 103 Å². The summed E-state index contributed by atoms with van der Waals surface area (Å²) in [6.07, 6.45) is 1.75. The largest absolute Gasteiger partial charge is 0.493 e. The van der Waals surface area contributed by atoms with Crippen molar-refractivity contribution >= 4 is 101 Å². The molecule has 0 aliphatic carbocycles. The first-order valence-corrected chi connectivity index (χ1v) is 13.5. The summed E-state index contributed by atoms with van der Waals surface area (Å²) in [4.78, 5) is 17.5. The Balaban J connectivity index is 1.58. The third kappa shape index (κ3) is 6.37. The van der Waals surface area contributed by atoms with Gasteiger partial charge in [-0.2, -0.15) is 0 Å². The minimum absolute atomic E-state index is 0.246. The van der Waals surface area contributed by atoms with E-state index in [4.69, 9.17) is 44.3 Å². The van der Waals surface area contributed by atoms with Gasteiger partial charge in [0.25, 0.3) is 5.91 Å². The third-order valence-corrected chi connectivity index (χ3v) is 8.78. The molecule has 0 saturated carbocycles. The fourth-order valence-electron chi connectivity index (χ4n) is 3.04. The average Bonchev–Trinajstić information content (AvgIpc) is 3.18. The van der Waals surface area contributed by atoms with Gasteiger partial charge >= 0.3 is 0 Å². The van der Waals surface area contributed by atoms with Crippen LogP contribution in [-0.2, 0) is 11.4 Å². The summed E-state index contributed by atoms with van der Waals surface area (Å²) in [6, 6.07) is 14.1. The highest BCUT2D eigenvalue weighted by Crippen LogP contribution is 2.44. The number of hydrogen-bond acceptors (Lipinski definition) is 5. The molecule has 0 atom stereocenters. The lowest BCUT2D eigenvalue weighted by atomic mass is 10.1. The van der Waals surface area contributed by atoms with E-state index in [1.54, 1.807) is 55.7 Å². The fraction of sp³-hybridized carbons (Fsp3) is 0.0833. The molecule has 11 heteroatoms. The van der Waals surface area contributed by atoms with Crippen LogP contribution in [0.4, 0.5) is 5.69 Å². The first-order valence-electron chi connectivity index (χ1n) is 9.93. The molecule has 0 spiro atoms. The van der Waals surface area contributed by atoms with E-state index in [0.29, 0.717) is 51.3 Å². The van der Waals surface area contributed by atoms with E-state index in [-0.39, 0.29) is 12.5 Å². The van der Waals surface area contributed by atoms with Crippen LogP contribution in [0.15, 0.2) is 67.4 Å². The predicted molar refractivity (Wildman–Crippen MR) is 151 cm³/mol. The Kier molecular flexibility index (Phi) is 8.73. The van der Waals surface area contributed by atoms with Crippen LogP contribution in [0, 0.1) is 0 Å². The van der Waals surface area contributed by atoms with E-state index in [0.717, 1.165) is 11.1 Å². The van der Waals surface area contributed by atoms with Crippen molar-refractivity contribution in [2.75, 3.05) is 7.11 Å². The Labute approximate surface area is 238 Å². The zero-order valence-corrected chi connectivity index (χ0v) is 24.1. The molecule has 0 unspecified atom stereocenters. The number of nitrogens with zero attached hydrogens (tertiary/aromatic N) is 1. The van der Waals surface area contributed by atoms with Gasteiger partial charge in [0.05, 0.1) is 32.2 Å². The van der Waals surface area contributed by atoms with Gasteiger partial charge in [-0.1, -0.05) is 40.9 Å². The molecule has 4 rings (SSSR count).